The molecule has 14 heteroatoms. The summed E-state index contributed by atoms with van der Waals surface area (Å²) in [5.74, 6) is 2.28. The Hall–Kier alpha value is -4.95. The average molecular weight is 606 g/mol. The van der Waals surface area contributed by atoms with Crippen molar-refractivity contribution in [3.8, 4) is 11.5 Å². The van der Waals surface area contributed by atoms with Crippen molar-refractivity contribution in [2.45, 2.75) is 13.0 Å². The van der Waals surface area contributed by atoms with Gasteiger partial charge in [0.05, 0.1) is 47.0 Å². The molecule has 0 atom stereocenters. The molecule has 1 amide bonds. The first-order valence-corrected chi connectivity index (χ1v) is 14.3. The number of aromatic nitrogens is 5. The highest BCUT2D eigenvalue weighted by Gasteiger charge is 2.10. The number of anilines is 4. The fraction of sp³-hybridized carbons (Fsp3) is 0.367. The lowest BCUT2D eigenvalue weighted by molar-refractivity contribution is 0.0519. The molecule has 0 radical (unpaired) electrons. The lowest BCUT2D eigenvalue weighted by Gasteiger charge is -2.13. The van der Waals surface area contributed by atoms with Crippen LogP contribution >= 0.6 is 0 Å². The van der Waals surface area contributed by atoms with Crippen LogP contribution in [0.1, 0.15) is 16.8 Å². The summed E-state index contributed by atoms with van der Waals surface area (Å²) in [5, 5.41) is 12.5. The van der Waals surface area contributed by atoms with Gasteiger partial charge in [-0.05, 0) is 30.7 Å². The van der Waals surface area contributed by atoms with Crippen molar-refractivity contribution in [2.24, 2.45) is 0 Å². The van der Waals surface area contributed by atoms with Crippen LogP contribution in [0.3, 0.4) is 0 Å². The highest BCUT2D eigenvalue weighted by atomic mass is 16.5. The second-order valence-electron chi connectivity index (χ2n) is 9.36. The van der Waals surface area contributed by atoms with Crippen molar-refractivity contribution < 1.29 is 23.7 Å². The molecular formula is C30H39N9O5. The summed E-state index contributed by atoms with van der Waals surface area (Å²) < 4.78 is 24.0. The van der Waals surface area contributed by atoms with E-state index >= 15 is 0 Å². The SMILES string of the molecule is COc1ccc(Nc2nc(NCCCn3ccnc3)nc(NCCOCCOCCNC(=O)c3ccccc3)n2)cc1OC. The summed E-state index contributed by atoms with van der Waals surface area (Å²) in [6, 6.07) is 14.5. The number of benzene rings is 2. The van der Waals surface area contributed by atoms with Gasteiger partial charge in [-0.25, -0.2) is 4.98 Å². The topological polar surface area (TPSA) is 159 Å². The third-order valence-electron chi connectivity index (χ3n) is 6.18. The van der Waals surface area contributed by atoms with Crippen LogP contribution in [0.4, 0.5) is 23.5 Å². The van der Waals surface area contributed by atoms with Crippen molar-refractivity contribution in [3.63, 3.8) is 0 Å². The van der Waals surface area contributed by atoms with Crippen molar-refractivity contribution in [3.05, 3.63) is 72.8 Å². The second kappa shape index (κ2) is 17.9. The van der Waals surface area contributed by atoms with Gasteiger partial charge in [0.2, 0.25) is 17.8 Å². The van der Waals surface area contributed by atoms with Gasteiger partial charge in [0.15, 0.2) is 11.5 Å². The molecule has 4 aromatic rings. The van der Waals surface area contributed by atoms with E-state index in [-0.39, 0.29) is 5.91 Å². The van der Waals surface area contributed by atoms with Gasteiger partial charge in [0.1, 0.15) is 0 Å². The van der Waals surface area contributed by atoms with Crippen LogP contribution in [0.25, 0.3) is 0 Å². The Morgan fingerprint density at radius 2 is 1.50 bits per heavy atom. The van der Waals surface area contributed by atoms with Crippen molar-refractivity contribution in [1.82, 2.24) is 29.8 Å². The molecule has 0 fully saturated rings. The predicted octanol–water partition coefficient (Wildman–Crippen LogP) is 3.21. The summed E-state index contributed by atoms with van der Waals surface area (Å²) >= 11 is 0. The molecule has 4 N–H and O–H groups in total. The number of nitrogens with zero attached hydrogens (tertiary/aromatic N) is 5. The van der Waals surface area contributed by atoms with E-state index in [9.17, 15) is 4.79 Å². The summed E-state index contributed by atoms with van der Waals surface area (Å²) in [6.45, 7) is 4.05. The number of rotatable bonds is 20. The first-order chi connectivity index (χ1) is 21.6. The maximum atomic E-state index is 12.0. The summed E-state index contributed by atoms with van der Waals surface area (Å²) in [5.41, 5.74) is 1.35. The average Bonchev–Trinajstić information content (AvgIpc) is 3.58. The second-order valence-corrected chi connectivity index (χ2v) is 9.36. The molecule has 0 saturated carbocycles. The molecule has 0 aliphatic carbocycles. The van der Waals surface area contributed by atoms with Crippen LogP contribution in [0.2, 0.25) is 0 Å². The zero-order valence-electron chi connectivity index (χ0n) is 25.0. The number of aryl methyl sites for hydroxylation is 1. The van der Waals surface area contributed by atoms with Crippen molar-refractivity contribution in [2.75, 3.05) is 76.2 Å². The van der Waals surface area contributed by atoms with E-state index in [2.05, 4.69) is 41.2 Å². The molecule has 2 aromatic carbocycles. The van der Waals surface area contributed by atoms with Crippen LogP contribution in [-0.4, -0.2) is 90.7 Å². The predicted molar refractivity (Wildman–Crippen MR) is 167 cm³/mol. The number of carbonyl (C=O) groups excluding carboxylic acids is 1. The van der Waals surface area contributed by atoms with Gasteiger partial charge in [-0.2, -0.15) is 15.0 Å². The normalized spacial score (nSPS) is 10.7. The number of ether oxygens (including phenoxy) is 4. The van der Waals surface area contributed by atoms with Crippen LogP contribution in [0.5, 0.6) is 11.5 Å². The molecule has 0 unspecified atom stereocenters. The van der Waals surface area contributed by atoms with E-state index in [0.29, 0.717) is 81.0 Å². The fourth-order valence-electron chi connectivity index (χ4n) is 4.00. The minimum Gasteiger partial charge on any atom is -0.493 e. The van der Waals surface area contributed by atoms with E-state index in [1.54, 1.807) is 51.0 Å². The highest BCUT2D eigenvalue weighted by Crippen LogP contribution is 2.30. The zero-order valence-corrected chi connectivity index (χ0v) is 25.0. The van der Waals surface area contributed by atoms with Crippen LogP contribution in [0.15, 0.2) is 67.3 Å². The Balaban J connectivity index is 1.21. The smallest absolute Gasteiger partial charge is 0.251 e. The van der Waals surface area contributed by atoms with Crippen LogP contribution in [-0.2, 0) is 16.0 Å². The summed E-state index contributed by atoms with van der Waals surface area (Å²) in [6.07, 6.45) is 6.33. The molecule has 0 saturated heterocycles. The largest absolute Gasteiger partial charge is 0.493 e. The van der Waals surface area contributed by atoms with Gasteiger partial charge in [-0.1, -0.05) is 18.2 Å². The maximum Gasteiger partial charge on any atom is 0.251 e. The molecule has 14 nitrogen and oxygen atoms in total. The number of imidazole rings is 1. The minimum atomic E-state index is -0.121. The Morgan fingerprint density at radius 1 is 0.795 bits per heavy atom. The lowest BCUT2D eigenvalue weighted by Crippen LogP contribution is -2.27. The van der Waals surface area contributed by atoms with Crippen LogP contribution in [0, 0.1) is 0 Å². The van der Waals surface area contributed by atoms with E-state index in [1.165, 1.54) is 0 Å². The van der Waals surface area contributed by atoms with Gasteiger partial charge in [0, 0.05) is 55.9 Å². The lowest BCUT2D eigenvalue weighted by atomic mass is 10.2. The number of hydrogen-bond acceptors (Lipinski definition) is 12. The molecule has 234 valence electrons. The molecule has 0 aliphatic heterocycles. The molecular weight excluding hydrogens is 566 g/mol. The number of hydrogen-bond donors (Lipinski definition) is 4. The minimum absolute atomic E-state index is 0.121. The van der Waals surface area contributed by atoms with E-state index in [4.69, 9.17) is 18.9 Å². The van der Waals surface area contributed by atoms with Crippen LogP contribution < -0.4 is 30.7 Å². The third-order valence-corrected chi connectivity index (χ3v) is 6.18. The standard InChI is InChI=1S/C30H39N9O5/c1-41-25-10-9-24(21-26(25)42-2)35-30-37-28(33-11-6-15-39-16-12-31-22-39)36-29(38-30)34-14-18-44-20-19-43-17-13-32-27(40)23-7-4-3-5-8-23/h3-5,7-10,12,16,21-22H,6,11,13-15,17-20H2,1-2H3,(H,32,40)(H3,33,34,35,36,37,38). The molecule has 0 bridgehead atoms. The molecule has 2 heterocycles. The quantitative estimate of drug-likeness (QED) is 0.109. The maximum absolute atomic E-state index is 12.0. The van der Waals surface area contributed by atoms with E-state index in [0.717, 1.165) is 18.7 Å². The third kappa shape index (κ3) is 10.7. The number of amides is 1. The number of methoxy groups -OCH3 is 2. The summed E-state index contributed by atoms with van der Waals surface area (Å²) in [7, 11) is 3.17. The summed E-state index contributed by atoms with van der Waals surface area (Å²) in [4.78, 5) is 29.7. The first-order valence-electron chi connectivity index (χ1n) is 14.3. The monoisotopic (exact) mass is 605 g/mol. The van der Waals surface area contributed by atoms with Gasteiger partial charge in [-0.15, -0.1) is 0 Å². The Morgan fingerprint density at radius 3 is 2.20 bits per heavy atom. The first kappa shape index (κ1) is 32.0. The number of carbonyl (C=O) groups is 1. The highest BCUT2D eigenvalue weighted by molar-refractivity contribution is 5.94. The van der Waals surface area contributed by atoms with Gasteiger partial charge in [-0.3, -0.25) is 4.79 Å². The fourth-order valence-corrected chi connectivity index (χ4v) is 4.00. The molecule has 44 heavy (non-hydrogen) atoms. The van der Waals surface area contributed by atoms with Gasteiger partial charge < -0.3 is 44.8 Å². The Labute approximate surface area is 256 Å². The molecule has 2 aromatic heterocycles. The number of nitrogens with one attached hydrogen (secondary N) is 4. The molecule has 4 rings (SSSR count). The van der Waals surface area contributed by atoms with Gasteiger partial charge >= 0.3 is 0 Å². The van der Waals surface area contributed by atoms with Gasteiger partial charge in [0.25, 0.3) is 5.91 Å². The van der Waals surface area contributed by atoms with Crippen molar-refractivity contribution >= 4 is 29.4 Å². The molecule has 0 aliphatic rings. The van der Waals surface area contributed by atoms with E-state index < -0.39 is 0 Å². The molecule has 0 spiro atoms. The Kier molecular flexibility index (Phi) is 13.0. The van der Waals surface area contributed by atoms with Crippen molar-refractivity contribution in [1.29, 1.82) is 0 Å². The zero-order chi connectivity index (χ0) is 30.8. The van der Waals surface area contributed by atoms with E-state index in [1.807, 2.05) is 35.0 Å². The Bertz CT molecular complexity index is 1410.